The molecule has 2 rings (SSSR count). The van der Waals surface area contributed by atoms with Crippen molar-refractivity contribution in [1.82, 2.24) is 5.32 Å². The lowest BCUT2D eigenvalue weighted by atomic mass is 10.2. The van der Waals surface area contributed by atoms with Crippen LogP contribution in [0.2, 0.25) is 0 Å². The fourth-order valence-corrected chi connectivity index (χ4v) is 1.75. The van der Waals surface area contributed by atoms with Gasteiger partial charge in [-0.2, -0.15) is 0 Å². The summed E-state index contributed by atoms with van der Waals surface area (Å²) in [5.41, 5.74) is -1.37. The smallest absolute Gasteiger partial charge is 0.275 e. The maximum absolute atomic E-state index is 13.7. The molecular formula is C10H7F2N3O4. The maximum atomic E-state index is 13.7. The Hall–Kier alpha value is -2.58. The fourth-order valence-electron chi connectivity index (χ4n) is 1.75. The Morgan fingerprint density at radius 2 is 1.63 bits per heavy atom. The van der Waals surface area contributed by atoms with Crippen molar-refractivity contribution >= 4 is 23.2 Å². The Labute approximate surface area is 105 Å². The van der Waals surface area contributed by atoms with E-state index in [0.717, 1.165) is 4.90 Å². The highest BCUT2D eigenvalue weighted by Gasteiger charge is 2.28. The minimum absolute atomic E-state index is 0.405. The molecule has 9 heteroatoms. The molecule has 0 bridgehead atoms. The van der Waals surface area contributed by atoms with E-state index in [2.05, 4.69) is 0 Å². The largest absolute Gasteiger partial charge is 0.348 e. The van der Waals surface area contributed by atoms with Crippen LogP contribution in [0.25, 0.3) is 0 Å². The van der Waals surface area contributed by atoms with Gasteiger partial charge in [0, 0.05) is 0 Å². The highest BCUT2D eigenvalue weighted by Crippen LogP contribution is 2.28. The van der Waals surface area contributed by atoms with Crippen molar-refractivity contribution in [2.24, 2.45) is 0 Å². The molecule has 7 nitrogen and oxygen atoms in total. The molecule has 1 saturated heterocycles. The average Bonchev–Trinajstić information content (AvgIpc) is 2.26. The zero-order valence-corrected chi connectivity index (χ0v) is 9.35. The minimum Gasteiger partial charge on any atom is -0.348 e. The van der Waals surface area contributed by atoms with Gasteiger partial charge in [-0.3, -0.25) is 25.0 Å². The van der Waals surface area contributed by atoms with Crippen molar-refractivity contribution in [3.05, 3.63) is 33.9 Å². The summed E-state index contributed by atoms with van der Waals surface area (Å²) in [5.74, 6) is -3.80. The number of nitrogens with zero attached hydrogens (tertiary/aromatic N) is 2. The number of nitrogens with one attached hydrogen (secondary N) is 1. The second-order valence-electron chi connectivity index (χ2n) is 3.84. The third kappa shape index (κ3) is 2.49. The third-order valence-electron chi connectivity index (χ3n) is 2.48. The van der Waals surface area contributed by atoms with Gasteiger partial charge in [-0.1, -0.05) is 0 Å². The predicted octanol–water partition coefficient (Wildman–Crippen LogP) is 0.336. The van der Waals surface area contributed by atoms with Crippen LogP contribution >= 0.6 is 0 Å². The molecule has 1 N–H and O–H groups in total. The molecule has 0 radical (unpaired) electrons. The number of non-ortho nitro benzene ring substituents is 1. The van der Waals surface area contributed by atoms with Gasteiger partial charge in [0.25, 0.3) is 5.69 Å². The summed E-state index contributed by atoms with van der Waals surface area (Å²) in [7, 11) is 0. The zero-order chi connectivity index (χ0) is 14.2. The van der Waals surface area contributed by atoms with Crippen molar-refractivity contribution in [3.63, 3.8) is 0 Å². The lowest BCUT2D eigenvalue weighted by Gasteiger charge is -2.27. The molecule has 0 saturated carbocycles. The van der Waals surface area contributed by atoms with Gasteiger partial charge in [0.2, 0.25) is 11.8 Å². The Kier molecular flexibility index (Phi) is 3.11. The van der Waals surface area contributed by atoms with Crippen LogP contribution in [-0.4, -0.2) is 29.8 Å². The number of hydrogen-bond acceptors (Lipinski definition) is 5. The van der Waals surface area contributed by atoms with Crippen molar-refractivity contribution < 1.29 is 23.3 Å². The molecule has 1 heterocycles. The summed E-state index contributed by atoms with van der Waals surface area (Å²) >= 11 is 0. The van der Waals surface area contributed by atoms with Gasteiger partial charge >= 0.3 is 0 Å². The molecule has 1 aliphatic heterocycles. The van der Waals surface area contributed by atoms with E-state index in [9.17, 15) is 28.5 Å². The number of carbonyl (C=O) groups is 2. The lowest BCUT2D eigenvalue weighted by Crippen LogP contribution is -2.52. The van der Waals surface area contributed by atoms with Crippen LogP contribution in [0.5, 0.6) is 0 Å². The van der Waals surface area contributed by atoms with E-state index in [4.69, 9.17) is 0 Å². The number of nitro groups is 1. The number of carbonyl (C=O) groups excluding carboxylic acids is 2. The van der Waals surface area contributed by atoms with Crippen LogP contribution in [0, 0.1) is 21.7 Å². The second kappa shape index (κ2) is 4.59. The number of nitro benzene ring substituents is 1. The Bertz CT molecular complexity index is 551. The molecule has 1 aliphatic rings. The van der Waals surface area contributed by atoms with Gasteiger partial charge in [0.15, 0.2) is 11.6 Å². The van der Waals surface area contributed by atoms with Crippen molar-refractivity contribution in [3.8, 4) is 0 Å². The summed E-state index contributed by atoms with van der Waals surface area (Å²) < 4.78 is 27.4. The number of rotatable bonds is 2. The number of hydrogen-bond donors (Lipinski definition) is 1. The van der Waals surface area contributed by atoms with Gasteiger partial charge in [-0.15, -0.1) is 0 Å². The molecule has 0 atom stereocenters. The van der Waals surface area contributed by atoms with Crippen LogP contribution in [0.3, 0.4) is 0 Å². The lowest BCUT2D eigenvalue weighted by molar-refractivity contribution is -0.385. The minimum atomic E-state index is -1.20. The van der Waals surface area contributed by atoms with Crippen LogP contribution in [0.15, 0.2) is 12.1 Å². The topological polar surface area (TPSA) is 92.6 Å². The summed E-state index contributed by atoms with van der Waals surface area (Å²) in [6.07, 6.45) is 0. The first-order valence-electron chi connectivity index (χ1n) is 5.09. The molecule has 2 amide bonds. The van der Waals surface area contributed by atoms with E-state index in [1.54, 1.807) is 0 Å². The van der Waals surface area contributed by atoms with E-state index in [0.29, 0.717) is 12.1 Å². The summed E-state index contributed by atoms with van der Waals surface area (Å²) in [4.78, 5) is 32.6. The van der Waals surface area contributed by atoms with Gasteiger partial charge in [-0.25, -0.2) is 8.78 Å². The van der Waals surface area contributed by atoms with E-state index in [1.165, 1.54) is 0 Å². The second-order valence-corrected chi connectivity index (χ2v) is 3.84. The van der Waals surface area contributed by atoms with Crippen LogP contribution in [-0.2, 0) is 9.59 Å². The molecule has 100 valence electrons. The summed E-state index contributed by atoms with van der Waals surface area (Å²) in [6, 6.07) is 1.07. The van der Waals surface area contributed by atoms with E-state index in [1.807, 2.05) is 5.32 Å². The monoisotopic (exact) mass is 271 g/mol. The first-order chi connectivity index (χ1) is 8.88. The highest BCUT2D eigenvalue weighted by molar-refractivity contribution is 6.02. The number of amides is 2. The first-order valence-corrected chi connectivity index (χ1v) is 5.09. The molecule has 1 aromatic rings. The maximum Gasteiger partial charge on any atom is 0.275 e. The van der Waals surface area contributed by atoms with Crippen LogP contribution in [0.1, 0.15) is 0 Å². The van der Waals surface area contributed by atoms with Crippen LogP contribution in [0.4, 0.5) is 20.2 Å². The Morgan fingerprint density at radius 3 is 2.05 bits per heavy atom. The first kappa shape index (κ1) is 12.9. The number of imide groups is 1. The van der Waals surface area contributed by atoms with Crippen molar-refractivity contribution in [1.29, 1.82) is 0 Å². The predicted molar refractivity (Wildman–Crippen MR) is 58.4 cm³/mol. The summed E-state index contributed by atoms with van der Waals surface area (Å²) in [6.45, 7) is -0.811. The third-order valence-corrected chi connectivity index (χ3v) is 2.48. The normalized spacial score (nSPS) is 15.4. The molecule has 1 aromatic carbocycles. The SMILES string of the molecule is O=C1CN(c2c(F)cc([N+](=O)[O-])cc2F)CC(=O)N1. The molecular weight excluding hydrogens is 264 g/mol. The molecule has 0 unspecified atom stereocenters. The molecule has 0 aliphatic carbocycles. The average molecular weight is 271 g/mol. The van der Waals surface area contributed by atoms with Crippen LogP contribution < -0.4 is 10.2 Å². The molecule has 0 aromatic heterocycles. The van der Waals surface area contributed by atoms with Crippen molar-refractivity contribution in [2.75, 3.05) is 18.0 Å². The highest BCUT2D eigenvalue weighted by atomic mass is 19.1. The Morgan fingerprint density at radius 1 is 1.16 bits per heavy atom. The van der Waals surface area contributed by atoms with Gasteiger partial charge < -0.3 is 4.90 Å². The summed E-state index contributed by atoms with van der Waals surface area (Å²) in [5, 5.41) is 12.4. The molecule has 1 fully saturated rings. The van der Waals surface area contributed by atoms with Gasteiger partial charge in [-0.05, 0) is 0 Å². The van der Waals surface area contributed by atoms with Crippen molar-refractivity contribution in [2.45, 2.75) is 0 Å². The number of benzene rings is 1. The van der Waals surface area contributed by atoms with Gasteiger partial charge in [0.05, 0.1) is 30.1 Å². The Balaban J connectivity index is 2.42. The van der Waals surface area contributed by atoms with E-state index in [-0.39, 0.29) is 0 Å². The molecule has 0 spiro atoms. The fraction of sp³-hybridized carbons (Fsp3) is 0.200. The standard InChI is InChI=1S/C10H7F2N3O4/c11-6-1-5(15(18)19)2-7(12)10(6)14-3-8(16)13-9(17)4-14/h1-2H,3-4H2,(H,13,16,17). The molecule has 19 heavy (non-hydrogen) atoms. The van der Waals surface area contributed by atoms with E-state index >= 15 is 0 Å². The quantitative estimate of drug-likeness (QED) is 0.475. The number of halogens is 2. The number of anilines is 1. The van der Waals surface area contributed by atoms with E-state index < -0.39 is 52.8 Å². The van der Waals surface area contributed by atoms with Gasteiger partial charge in [0.1, 0.15) is 5.69 Å². The number of piperazine rings is 1. The zero-order valence-electron chi connectivity index (χ0n) is 9.35.